The number of benzene rings is 3. The van der Waals surface area contributed by atoms with Crippen molar-refractivity contribution >= 4 is 22.6 Å². The summed E-state index contributed by atoms with van der Waals surface area (Å²) in [6.07, 6.45) is 6.99. The maximum Gasteiger partial charge on any atom is 0.257 e. The summed E-state index contributed by atoms with van der Waals surface area (Å²) in [5, 5.41) is 11.1. The van der Waals surface area contributed by atoms with E-state index in [-0.39, 0.29) is 5.91 Å². The molecule has 2 aliphatic heterocycles. The normalized spacial score (nSPS) is 16.7. The molecule has 0 bridgehead atoms. The van der Waals surface area contributed by atoms with Gasteiger partial charge in [0.2, 0.25) is 0 Å². The number of likely N-dealkylation sites (tertiary alicyclic amines) is 1. The lowest BCUT2D eigenvalue weighted by molar-refractivity contribution is 0.0664. The predicted octanol–water partition coefficient (Wildman–Crippen LogP) is 6.64. The van der Waals surface area contributed by atoms with Gasteiger partial charge in [0, 0.05) is 36.8 Å². The summed E-state index contributed by atoms with van der Waals surface area (Å²) in [7, 11) is 0. The van der Waals surface area contributed by atoms with Crippen LogP contribution in [0.25, 0.3) is 10.9 Å². The zero-order valence-electron chi connectivity index (χ0n) is 23.2. The fourth-order valence-corrected chi connectivity index (χ4v) is 6.16. The number of hydrogen-bond acceptors (Lipinski definition) is 4. The molecule has 0 atom stereocenters. The lowest BCUT2D eigenvalue weighted by Crippen LogP contribution is -2.29. The Kier molecular flexibility index (Phi) is 8.39. The number of rotatable bonds is 8. The Bertz CT molecular complexity index is 1500. The molecule has 4 aromatic rings. The minimum atomic E-state index is -0.601. The highest BCUT2D eigenvalue weighted by Gasteiger charge is 2.21. The Hall–Kier alpha value is -3.62. The second-order valence-electron chi connectivity index (χ2n) is 11.4. The average Bonchev–Trinajstić information content (AvgIpc) is 3.35. The first-order chi connectivity index (χ1) is 20.0. The second-order valence-corrected chi connectivity index (χ2v) is 11.4. The molecule has 0 spiro atoms. The Labute approximate surface area is 239 Å². The summed E-state index contributed by atoms with van der Waals surface area (Å²) in [5.41, 5.74) is 5.15. The van der Waals surface area contributed by atoms with Gasteiger partial charge in [0.1, 0.15) is 11.6 Å². The van der Waals surface area contributed by atoms with Crippen LogP contribution in [0.1, 0.15) is 64.7 Å². The van der Waals surface area contributed by atoms with Crippen molar-refractivity contribution < 1.29 is 18.3 Å². The topological polar surface area (TPSA) is 70.2 Å². The molecular weight excluding hydrogens is 522 g/mol. The van der Waals surface area contributed by atoms with E-state index in [1.165, 1.54) is 37.0 Å². The van der Waals surface area contributed by atoms with Crippen molar-refractivity contribution in [3.8, 4) is 0 Å². The number of amides is 1. The molecule has 2 saturated heterocycles. The molecule has 8 heteroatoms. The highest BCUT2D eigenvalue weighted by atomic mass is 19.1. The number of carbonyl (C=O) groups is 1. The maximum atomic E-state index is 13.7. The number of aromatic amines is 1. The van der Waals surface area contributed by atoms with Crippen molar-refractivity contribution in [2.24, 2.45) is 5.92 Å². The van der Waals surface area contributed by atoms with Crippen molar-refractivity contribution in [2.75, 3.05) is 31.6 Å². The van der Waals surface area contributed by atoms with Crippen molar-refractivity contribution in [2.45, 2.75) is 51.5 Å². The Morgan fingerprint density at radius 1 is 0.927 bits per heavy atom. The van der Waals surface area contributed by atoms with E-state index in [4.69, 9.17) is 4.74 Å². The van der Waals surface area contributed by atoms with Crippen molar-refractivity contribution in [3.63, 3.8) is 0 Å². The van der Waals surface area contributed by atoms with Gasteiger partial charge < -0.3 is 10.1 Å². The van der Waals surface area contributed by atoms with Crippen LogP contribution >= 0.6 is 0 Å². The number of fused-ring (bicyclic) bond motifs is 1. The number of anilines is 1. The van der Waals surface area contributed by atoms with Crippen molar-refractivity contribution in [1.82, 2.24) is 15.1 Å². The molecule has 0 aliphatic carbocycles. The minimum Gasteiger partial charge on any atom is -0.381 e. The van der Waals surface area contributed by atoms with Gasteiger partial charge in [-0.05, 0) is 110 Å². The summed E-state index contributed by atoms with van der Waals surface area (Å²) in [5.74, 6) is -0.470. The number of H-pyrrole nitrogens is 1. The van der Waals surface area contributed by atoms with E-state index < -0.39 is 11.6 Å². The fourth-order valence-electron chi connectivity index (χ4n) is 6.16. The minimum absolute atomic E-state index is 0.192. The molecule has 2 aliphatic rings. The summed E-state index contributed by atoms with van der Waals surface area (Å²) >= 11 is 0. The van der Waals surface area contributed by atoms with Crippen LogP contribution in [0.15, 0.2) is 54.6 Å². The van der Waals surface area contributed by atoms with Crippen LogP contribution in [0, 0.1) is 17.6 Å². The predicted molar refractivity (Wildman–Crippen MR) is 156 cm³/mol. The van der Waals surface area contributed by atoms with Gasteiger partial charge >= 0.3 is 0 Å². The molecule has 0 saturated carbocycles. The third-order valence-electron chi connectivity index (χ3n) is 8.31. The molecule has 214 valence electrons. The number of nitrogens with zero attached hydrogens (tertiary/aromatic N) is 2. The van der Waals surface area contributed by atoms with Gasteiger partial charge in [0.05, 0.1) is 5.52 Å². The maximum absolute atomic E-state index is 13.7. The Morgan fingerprint density at radius 2 is 1.68 bits per heavy atom. The average molecular weight is 559 g/mol. The summed E-state index contributed by atoms with van der Waals surface area (Å²) < 4.78 is 33.0. The molecule has 41 heavy (non-hydrogen) atoms. The molecule has 6 nitrogen and oxygen atoms in total. The summed E-state index contributed by atoms with van der Waals surface area (Å²) in [6, 6.07) is 15.5. The first kappa shape index (κ1) is 27.5. The number of aromatic nitrogens is 2. The van der Waals surface area contributed by atoms with E-state index >= 15 is 0 Å². The molecule has 0 unspecified atom stereocenters. The van der Waals surface area contributed by atoms with Gasteiger partial charge in [-0.15, -0.1) is 0 Å². The number of ether oxygens (including phenoxy) is 1. The third-order valence-corrected chi connectivity index (χ3v) is 8.31. The monoisotopic (exact) mass is 558 g/mol. The van der Waals surface area contributed by atoms with Crippen LogP contribution in [0.5, 0.6) is 0 Å². The van der Waals surface area contributed by atoms with E-state index in [2.05, 4.69) is 32.5 Å². The number of carbonyl (C=O) groups excluding carboxylic acids is 1. The standard InChI is InChI=1S/C33H36F2N4O2/c34-27-17-25(18-28(35)20-27)14-23-5-7-31-30(19-23)32(38-37-31)36-33(40)29-6-4-24(21-39-10-2-1-3-11-39)16-26(29)15-22-8-12-41-13-9-22/h4-7,16-20,22H,1-3,8-15,21H2,(H2,36,37,38,40). The molecule has 6 rings (SSSR count). The zero-order chi connectivity index (χ0) is 28.2. The quantitative estimate of drug-likeness (QED) is 0.254. The summed E-state index contributed by atoms with van der Waals surface area (Å²) in [6.45, 7) is 4.69. The van der Waals surface area contributed by atoms with Crippen molar-refractivity contribution in [3.05, 3.63) is 94.0 Å². The lowest BCUT2D eigenvalue weighted by Gasteiger charge is -2.27. The number of halogens is 2. The second kappa shape index (κ2) is 12.5. The van der Waals surface area contributed by atoms with Gasteiger partial charge in [0.15, 0.2) is 5.82 Å². The van der Waals surface area contributed by atoms with Crippen LogP contribution in [0.2, 0.25) is 0 Å². The summed E-state index contributed by atoms with van der Waals surface area (Å²) in [4.78, 5) is 16.2. The van der Waals surface area contributed by atoms with Crippen molar-refractivity contribution in [1.29, 1.82) is 0 Å². The number of piperidine rings is 1. The van der Waals surface area contributed by atoms with Gasteiger partial charge in [0.25, 0.3) is 5.91 Å². The SMILES string of the molecule is O=C(Nc1n[nH]c2ccc(Cc3cc(F)cc(F)c3)cc12)c1ccc(CN2CCCCC2)cc1CC1CCOCC1. The number of hydrogen-bond donors (Lipinski definition) is 2. The van der Waals surface area contributed by atoms with E-state index in [1.54, 1.807) is 0 Å². The third kappa shape index (κ3) is 6.82. The fraction of sp³-hybridized carbons (Fsp3) is 0.394. The highest BCUT2D eigenvalue weighted by Crippen LogP contribution is 2.27. The molecule has 1 amide bonds. The molecule has 1 aromatic heterocycles. The first-order valence-corrected chi connectivity index (χ1v) is 14.7. The lowest BCUT2D eigenvalue weighted by atomic mass is 9.89. The van der Waals surface area contributed by atoms with Crippen LogP contribution < -0.4 is 5.32 Å². The molecule has 3 heterocycles. The molecule has 0 radical (unpaired) electrons. The van der Waals surface area contributed by atoms with Gasteiger partial charge in [-0.25, -0.2) is 8.78 Å². The zero-order valence-corrected chi connectivity index (χ0v) is 23.2. The molecule has 2 N–H and O–H groups in total. The smallest absolute Gasteiger partial charge is 0.257 e. The molecule has 3 aromatic carbocycles. The van der Waals surface area contributed by atoms with E-state index in [9.17, 15) is 13.6 Å². The van der Waals surface area contributed by atoms with E-state index in [1.807, 2.05) is 24.3 Å². The van der Waals surface area contributed by atoms with E-state index in [0.717, 1.165) is 80.2 Å². The molecule has 2 fully saturated rings. The Balaban J connectivity index is 1.24. The van der Waals surface area contributed by atoms with Crippen LogP contribution in [-0.4, -0.2) is 47.3 Å². The van der Waals surface area contributed by atoms with Gasteiger partial charge in [-0.3, -0.25) is 14.8 Å². The number of nitrogens with one attached hydrogen (secondary N) is 2. The van der Waals surface area contributed by atoms with Crippen LogP contribution in [0.4, 0.5) is 14.6 Å². The Morgan fingerprint density at radius 3 is 2.46 bits per heavy atom. The molecular formula is C33H36F2N4O2. The first-order valence-electron chi connectivity index (χ1n) is 14.7. The van der Waals surface area contributed by atoms with E-state index in [0.29, 0.717) is 29.3 Å². The largest absolute Gasteiger partial charge is 0.381 e. The highest BCUT2D eigenvalue weighted by molar-refractivity contribution is 6.08. The van der Waals surface area contributed by atoms with Gasteiger partial charge in [-0.2, -0.15) is 5.10 Å². The van der Waals surface area contributed by atoms with Crippen LogP contribution in [-0.2, 0) is 24.1 Å². The van der Waals surface area contributed by atoms with Gasteiger partial charge in [-0.1, -0.05) is 24.6 Å². The van der Waals surface area contributed by atoms with Crippen LogP contribution in [0.3, 0.4) is 0 Å².